The van der Waals surface area contributed by atoms with E-state index in [0.717, 1.165) is 8.95 Å². The van der Waals surface area contributed by atoms with Gasteiger partial charge in [-0.05, 0) is 77.7 Å². The minimum atomic E-state index is 0.180. The number of aromatic hydroxyl groups is 2. The summed E-state index contributed by atoms with van der Waals surface area (Å²) in [6.45, 7) is 0. The number of phenols is 2. The zero-order chi connectivity index (χ0) is 14.9. The van der Waals surface area contributed by atoms with Crippen LogP contribution in [-0.4, -0.2) is 10.2 Å². The van der Waals surface area contributed by atoms with Crippen LogP contribution >= 0.6 is 85.3 Å². The molecule has 0 aliphatic rings. The van der Waals surface area contributed by atoms with Crippen molar-refractivity contribution in [2.75, 3.05) is 0 Å². The molecule has 2 aromatic carbocycles. The summed E-state index contributed by atoms with van der Waals surface area (Å²) in [5.74, 6) is 0.360. The summed E-state index contributed by atoms with van der Waals surface area (Å²) in [5, 5.41) is 20.0. The molecule has 0 spiro atoms. The maximum absolute atomic E-state index is 10.00. The molecule has 8 heteroatoms. The lowest BCUT2D eigenvalue weighted by Gasteiger charge is -2.09. The Hall–Kier alpha value is 0.660. The van der Waals surface area contributed by atoms with Crippen molar-refractivity contribution < 1.29 is 10.2 Å². The number of halogens is 4. The Morgan fingerprint density at radius 3 is 1.35 bits per heavy atom. The molecule has 20 heavy (non-hydrogen) atoms. The van der Waals surface area contributed by atoms with E-state index < -0.39 is 0 Å². The lowest BCUT2D eigenvalue weighted by molar-refractivity contribution is 0.458. The van der Waals surface area contributed by atoms with Gasteiger partial charge in [0.2, 0.25) is 0 Å². The summed E-state index contributed by atoms with van der Waals surface area (Å²) >= 11 is 13.4. The van der Waals surface area contributed by atoms with Gasteiger partial charge in [-0.1, -0.05) is 31.9 Å². The average molecular weight is 566 g/mol. The third-order valence-corrected chi connectivity index (χ3v) is 6.72. The maximum atomic E-state index is 10.00. The van der Waals surface area contributed by atoms with E-state index in [2.05, 4.69) is 63.7 Å². The van der Waals surface area contributed by atoms with Crippen molar-refractivity contribution in [2.45, 2.75) is 9.79 Å². The summed E-state index contributed by atoms with van der Waals surface area (Å²) in [4.78, 5) is 1.40. The minimum Gasteiger partial charge on any atom is -0.506 e. The fourth-order valence-electron chi connectivity index (χ4n) is 1.30. The predicted molar refractivity (Wildman–Crippen MR) is 98.7 cm³/mol. The van der Waals surface area contributed by atoms with Gasteiger partial charge in [-0.25, -0.2) is 0 Å². The molecule has 0 saturated heterocycles. The van der Waals surface area contributed by atoms with Gasteiger partial charge in [-0.2, -0.15) is 0 Å². The van der Waals surface area contributed by atoms with E-state index in [9.17, 15) is 10.2 Å². The quantitative estimate of drug-likeness (QED) is 0.395. The van der Waals surface area contributed by atoms with Crippen LogP contribution in [-0.2, 0) is 0 Å². The molecule has 0 fully saturated rings. The normalized spacial score (nSPS) is 10.8. The van der Waals surface area contributed by atoms with Crippen molar-refractivity contribution in [2.24, 2.45) is 0 Å². The van der Waals surface area contributed by atoms with Crippen LogP contribution < -0.4 is 0 Å². The molecule has 0 amide bonds. The smallest absolute Gasteiger partial charge is 0.144 e. The van der Waals surface area contributed by atoms with Crippen LogP contribution in [0.3, 0.4) is 0 Å². The van der Waals surface area contributed by atoms with Crippen molar-refractivity contribution >= 4 is 85.3 Å². The first-order chi connectivity index (χ1) is 9.38. The molecule has 0 bridgehead atoms. The Morgan fingerprint density at radius 2 is 1.00 bits per heavy atom. The molecule has 106 valence electrons. The maximum Gasteiger partial charge on any atom is 0.144 e. The van der Waals surface area contributed by atoms with Crippen LogP contribution in [0.25, 0.3) is 0 Å². The standard InChI is InChI=1S/C12H6Br4O2S2/c13-5-1-7(15)11(17)9(3-5)19-20-10-4-6(14)2-8(16)12(10)18/h1-4,17-18H. The van der Waals surface area contributed by atoms with Gasteiger partial charge in [0.25, 0.3) is 0 Å². The molecular weight excluding hydrogens is 560 g/mol. The van der Waals surface area contributed by atoms with Crippen molar-refractivity contribution in [3.05, 3.63) is 42.2 Å². The number of rotatable bonds is 3. The zero-order valence-corrected chi connectivity index (χ0v) is 17.5. The third kappa shape index (κ3) is 4.10. The van der Waals surface area contributed by atoms with E-state index in [0.29, 0.717) is 18.7 Å². The predicted octanol–water partition coefficient (Wildman–Crippen LogP) is 6.95. The Kier molecular flexibility index (Phi) is 6.20. The van der Waals surface area contributed by atoms with E-state index in [1.165, 1.54) is 21.6 Å². The molecule has 0 aliphatic heterocycles. The molecule has 2 rings (SSSR count). The van der Waals surface area contributed by atoms with E-state index >= 15 is 0 Å². The van der Waals surface area contributed by atoms with Crippen molar-refractivity contribution in [3.63, 3.8) is 0 Å². The topological polar surface area (TPSA) is 40.5 Å². The van der Waals surface area contributed by atoms with Gasteiger partial charge < -0.3 is 10.2 Å². The summed E-state index contributed by atoms with van der Waals surface area (Å²) in [5.41, 5.74) is 0. The summed E-state index contributed by atoms with van der Waals surface area (Å²) in [6, 6.07) is 7.19. The molecule has 2 N–H and O–H groups in total. The molecule has 2 nitrogen and oxygen atoms in total. The lowest BCUT2D eigenvalue weighted by atomic mass is 10.3. The van der Waals surface area contributed by atoms with Gasteiger partial charge in [0.1, 0.15) is 11.5 Å². The molecule has 0 unspecified atom stereocenters. The van der Waals surface area contributed by atoms with Gasteiger partial charge in [0.15, 0.2) is 0 Å². The monoisotopic (exact) mass is 562 g/mol. The first-order valence-corrected chi connectivity index (χ1v) is 10.4. The zero-order valence-electron chi connectivity index (χ0n) is 9.53. The average Bonchev–Trinajstić information content (AvgIpc) is 2.37. The molecule has 0 atom stereocenters. The Labute approximate surface area is 157 Å². The van der Waals surface area contributed by atoms with E-state index in [1.54, 1.807) is 12.1 Å². The molecule has 0 aliphatic carbocycles. The van der Waals surface area contributed by atoms with E-state index in [-0.39, 0.29) is 11.5 Å². The van der Waals surface area contributed by atoms with Crippen LogP contribution in [0.2, 0.25) is 0 Å². The first kappa shape index (κ1) is 17.0. The molecule has 2 aromatic rings. The van der Waals surface area contributed by atoms with Crippen LogP contribution in [0.15, 0.2) is 51.9 Å². The number of phenolic OH excluding ortho intramolecular Hbond substituents is 2. The molecule has 0 saturated carbocycles. The number of hydrogen-bond acceptors (Lipinski definition) is 4. The minimum absolute atomic E-state index is 0.180. The summed E-state index contributed by atoms with van der Waals surface area (Å²) in [6.07, 6.45) is 0. The number of hydrogen-bond donors (Lipinski definition) is 2. The van der Waals surface area contributed by atoms with Gasteiger partial charge in [0, 0.05) is 8.95 Å². The van der Waals surface area contributed by atoms with Gasteiger partial charge >= 0.3 is 0 Å². The van der Waals surface area contributed by atoms with Crippen LogP contribution in [0, 0.1) is 0 Å². The Morgan fingerprint density at radius 1 is 0.650 bits per heavy atom. The third-order valence-electron chi connectivity index (χ3n) is 2.21. The van der Waals surface area contributed by atoms with Crippen molar-refractivity contribution in [1.82, 2.24) is 0 Å². The van der Waals surface area contributed by atoms with Crippen molar-refractivity contribution in [1.29, 1.82) is 0 Å². The van der Waals surface area contributed by atoms with Gasteiger partial charge in [-0.3, -0.25) is 0 Å². The largest absolute Gasteiger partial charge is 0.506 e. The SMILES string of the molecule is Oc1c(Br)cc(Br)cc1SSc1cc(Br)cc(Br)c1O. The second-order valence-electron chi connectivity index (χ2n) is 3.64. The van der Waals surface area contributed by atoms with E-state index in [4.69, 9.17) is 0 Å². The molecule has 0 heterocycles. The van der Waals surface area contributed by atoms with Gasteiger partial charge in [0.05, 0.1) is 18.7 Å². The molecule has 0 aromatic heterocycles. The second kappa shape index (κ2) is 7.28. The van der Waals surface area contributed by atoms with E-state index in [1.807, 2.05) is 12.1 Å². The number of benzene rings is 2. The Bertz CT molecular complexity index is 607. The molecular formula is C12H6Br4O2S2. The fourth-order valence-corrected chi connectivity index (χ4v) is 6.53. The van der Waals surface area contributed by atoms with Crippen molar-refractivity contribution in [3.8, 4) is 11.5 Å². The first-order valence-electron chi connectivity index (χ1n) is 5.09. The Balaban J connectivity index is 2.26. The summed E-state index contributed by atoms with van der Waals surface area (Å²) in [7, 11) is 2.73. The highest BCUT2D eigenvalue weighted by Gasteiger charge is 2.12. The highest BCUT2D eigenvalue weighted by atomic mass is 79.9. The molecule has 0 radical (unpaired) electrons. The highest BCUT2D eigenvalue weighted by Crippen LogP contribution is 2.49. The lowest BCUT2D eigenvalue weighted by Crippen LogP contribution is -1.78. The van der Waals surface area contributed by atoms with Crippen LogP contribution in [0.4, 0.5) is 0 Å². The highest BCUT2D eigenvalue weighted by molar-refractivity contribution is 9.11. The second-order valence-corrected chi connectivity index (χ2v) is 9.39. The van der Waals surface area contributed by atoms with Gasteiger partial charge in [-0.15, -0.1) is 0 Å². The fraction of sp³-hybridized carbons (Fsp3) is 0. The van der Waals surface area contributed by atoms with Crippen LogP contribution in [0.1, 0.15) is 0 Å². The van der Waals surface area contributed by atoms with Crippen LogP contribution in [0.5, 0.6) is 11.5 Å². The summed E-state index contributed by atoms with van der Waals surface area (Å²) < 4.78 is 2.97.